The number of aryl methyl sites for hydroxylation is 1. The summed E-state index contributed by atoms with van der Waals surface area (Å²) in [6.07, 6.45) is -1.18. The first-order chi connectivity index (χ1) is 18.0. The second kappa shape index (κ2) is 10.6. The number of hydrogen-bond acceptors (Lipinski definition) is 6. The van der Waals surface area contributed by atoms with Crippen LogP contribution in [0.5, 0.6) is 5.75 Å². The zero-order valence-corrected chi connectivity index (χ0v) is 21.1. The third-order valence-electron chi connectivity index (χ3n) is 5.85. The van der Waals surface area contributed by atoms with Crippen molar-refractivity contribution in [2.45, 2.75) is 13.0 Å². The molecule has 1 N–H and O–H groups in total. The summed E-state index contributed by atoms with van der Waals surface area (Å²) in [4.78, 5) is 31.7. The minimum absolute atomic E-state index is 0.337. The van der Waals surface area contributed by atoms with Gasteiger partial charge in [-0.1, -0.05) is 66.7 Å². The Balaban J connectivity index is 1.47. The molecule has 0 aliphatic heterocycles. The van der Waals surface area contributed by atoms with Gasteiger partial charge in [0, 0.05) is 11.1 Å². The lowest BCUT2D eigenvalue weighted by Crippen LogP contribution is -2.26. The van der Waals surface area contributed by atoms with E-state index in [2.05, 4.69) is 5.32 Å². The Labute approximate surface area is 218 Å². The Bertz CT molecular complexity index is 1550. The van der Waals surface area contributed by atoms with Crippen LogP contribution in [-0.2, 0) is 9.53 Å². The maximum atomic E-state index is 13.5. The summed E-state index contributed by atoms with van der Waals surface area (Å²) in [5.41, 5.74) is 3.86. The number of hydrogen-bond donors (Lipinski definition) is 1. The van der Waals surface area contributed by atoms with Gasteiger partial charge in [0.15, 0.2) is 0 Å². The largest absolute Gasteiger partial charge is 0.495 e. The Morgan fingerprint density at radius 1 is 0.892 bits per heavy atom. The van der Waals surface area contributed by atoms with E-state index in [1.807, 2.05) is 61.5 Å². The lowest BCUT2D eigenvalue weighted by Gasteiger charge is -2.20. The summed E-state index contributed by atoms with van der Waals surface area (Å²) in [5, 5.41) is 3.58. The van der Waals surface area contributed by atoms with Crippen molar-refractivity contribution in [1.82, 2.24) is 4.98 Å². The highest BCUT2D eigenvalue weighted by molar-refractivity contribution is 7.21. The molecule has 5 aromatic rings. The number of esters is 1. The van der Waals surface area contributed by atoms with Gasteiger partial charge in [-0.2, -0.15) is 0 Å². The van der Waals surface area contributed by atoms with E-state index >= 15 is 0 Å². The van der Waals surface area contributed by atoms with Crippen LogP contribution in [0, 0.1) is 6.92 Å². The molecule has 0 radical (unpaired) electrons. The number of rotatable bonds is 7. The van der Waals surface area contributed by atoms with Gasteiger partial charge in [0.25, 0.3) is 5.91 Å². The normalized spacial score (nSPS) is 11.6. The molecule has 1 atom stereocenters. The van der Waals surface area contributed by atoms with Crippen LogP contribution >= 0.6 is 11.3 Å². The number of anilines is 1. The number of amides is 1. The van der Waals surface area contributed by atoms with Gasteiger partial charge in [-0.25, -0.2) is 9.78 Å². The van der Waals surface area contributed by atoms with E-state index in [9.17, 15) is 9.59 Å². The lowest BCUT2D eigenvalue weighted by molar-refractivity contribution is -0.125. The first kappa shape index (κ1) is 24.2. The van der Waals surface area contributed by atoms with Crippen molar-refractivity contribution in [1.29, 1.82) is 0 Å². The van der Waals surface area contributed by atoms with E-state index < -0.39 is 18.0 Å². The Morgan fingerprint density at radius 2 is 1.62 bits per heavy atom. The number of para-hydroxylation sites is 1. The maximum Gasteiger partial charge on any atom is 0.339 e. The minimum atomic E-state index is -1.18. The molecule has 1 amide bonds. The van der Waals surface area contributed by atoms with Crippen LogP contribution in [0.4, 0.5) is 5.69 Å². The number of methoxy groups -OCH3 is 1. The highest BCUT2D eigenvalue weighted by Crippen LogP contribution is 2.34. The number of carbonyl (C=O) groups is 2. The number of thiazole rings is 1. The third-order valence-corrected chi connectivity index (χ3v) is 6.92. The van der Waals surface area contributed by atoms with Gasteiger partial charge in [-0.15, -0.1) is 11.3 Å². The van der Waals surface area contributed by atoms with Crippen molar-refractivity contribution in [3.63, 3.8) is 0 Å². The summed E-state index contributed by atoms with van der Waals surface area (Å²) in [6.45, 7) is 1.92. The summed E-state index contributed by atoms with van der Waals surface area (Å²) >= 11 is 1.50. The minimum Gasteiger partial charge on any atom is -0.495 e. The molecular weight excluding hydrogens is 484 g/mol. The van der Waals surface area contributed by atoms with Crippen molar-refractivity contribution in [2.24, 2.45) is 0 Å². The molecule has 0 bridgehead atoms. The van der Waals surface area contributed by atoms with Crippen molar-refractivity contribution in [3.8, 4) is 16.3 Å². The molecule has 0 fully saturated rings. The molecule has 1 heterocycles. The standard InChI is InChI=1S/C30H24N2O4S/c1-19-16-17-25(35-2)24(18-19)31-28(33)27(20-10-4-3-5-11-20)36-30(34)22-13-7-6-12-21(22)29-32-23-14-8-9-15-26(23)37-29/h3-18,27H,1-2H3,(H,31,33). The van der Waals surface area contributed by atoms with Gasteiger partial charge in [0.2, 0.25) is 6.10 Å². The first-order valence-electron chi connectivity index (χ1n) is 11.7. The number of nitrogens with one attached hydrogen (secondary N) is 1. The molecule has 7 heteroatoms. The third kappa shape index (κ3) is 5.22. The van der Waals surface area contributed by atoms with Crippen LogP contribution in [0.3, 0.4) is 0 Å². The van der Waals surface area contributed by atoms with Gasteiger partial charge in [-0.05, 0) is 42.8 Å². The Kier molecular flexibility index (Phi) is 6.96. The zero-order chi connectivity index (χ0) is 25.8. The molecule has 0 spiro atoms. The van der Waals surface area contributed by atoms with Crippen molar-refractivity contribution < 1.29 is 19.1 Å². The topological polar surface area (TPSA) is 77.5 Å². The molecule has 0 saturated heterocycles. The SMILES string of the molecule is COc1ccc(C)cc1NC(=O)C(OC(=O)c1ccccc1-c1nc2ccccc2s1)c1ccccc1. The van der Waals surface area contributed by atoms with E-state index in [1.165, 1.54) is 18.4 Å². The predicted octanol–water partition coefficient (Wildman–Crippen LogP) is 6.82. The maximum absolute atomic E-state index is 13.5. The molecule has 6 nitrogen and oxygen atoms in total. The van der Waals surface area contributed by atoms with E-state index in [1.54, 1.807) is 42.5 Å². The summed E-state index contributed by atoms with van der Waals surface area (Å²) < 4.78 is 12.3. The predicted molar refractivity (Wildman–Crippen MR) is 146 cm³/mol. The first-order valence-corrected chi connectivity index (χ1v) is 12.5. The van der Waals surface area contributed by atoms with Gasteiger partial charge < -0.3 is 14.8 Å². The smallest absolute Gasteiger partial charge is 0.339 e. The highest BCUT2D eigenvalue weighted by Gasteiger charge is 2.28. The van der Waals surface area contributed by atoms with Gasteiger partial charge >= 0.3 is 5.97 Å². The van der Waals surface area contributed by atoms with Gasteiger partial charge in [0.05, 0.1) is 28.6 Å². The average Bonchev–Trinajstić information content (AvgIpc) is 3.36. The van der Waals surface area contributed by atoms with Crippen LogP contribution in [0.2, 0.25) is 0 Å². The number of nitrogens with zero attached hydrogens (tertiary/aromatic N) is 1. The number of benzene rings is 4. The molecule has 1 unspecified atom stereocenters. The number of carbonyl (C=O) groups excluding carboxylic acids is 2. The Morgan fingerprint density at radius 3 is 2.41 bits per heavy atom. The second-order valence-corrected chi connectivity index (χ2v) is 9.45. The summed E-state index contributed by atoms with van der Waals surface area (Å²) in [7, 11) is 1.54. The van der Waals surface area contributed by atoms with E-state index in [-0.39, 0.29) is 0 Å². The zero-order valence-electron chi connectivity index (χ0n) is 20.3. The van der Waals surface area contributed by atoms with Crippen LogP contribution < -0.4 is 10.1 Å². The molecule has 1 aromatic heterocycles. The van der Waals surface area contributed by atoms with E-state index in [4.69, 9.17) is 14.5 Å². The van der Waals surface area contributed by atoms with Crippen LogP contribution in [0.25, 0.3) is 20.8 Å². The number of ether oxygens (including phenoxy) is 2. The van der Waals surface area contributed by atoms with Crippen LogP contribution in [0.15, 0.2) is 97.1 Å². The fourth-order valence-electron chi connectivity index (χ4n) is 4.02. The molecule has 0 aliphatic rings. The van der Waals surface area contributed by atoms with Crippen LogP contribution in [-0.4, -0.2) is 24.0 Å². The summed E-state index contributed by atoms with van der Waals surface area (Å²) in [5.74, 6) is -0.589. The van der Waals surface area contributed by atoms with Crippen molar-refractivity contribution in [2.75, 3.05) is 12.4 Å². The van der Waals surface area contributed by atoms with Gasteiger partial charge in [0.1, 0.15) is 10.8 Å². The Hall–Kier alpha value is -4.49. The fraction of sp³-hybridized carbons (Fsp3) is 0.100. The molecule has 5 rings (SSSR count). The van der Waals surface area contributed by atoms with Crippen molar-refractivity contribution >= 4 is 39.1 Å². The van der Waals surface area contributed by atoms with E-state index in [0.29, 0.717) is 33.1 Å². The van der Waals surface area contributed by atoms with Gasteiger partial charge in [-0.3, -0.25) is 4.79 Å². The van der Waals surface area contributed by atoms with E-state index in [0.717, 1.165) is 15.8 Å². The fourth-order valence-corrected chi connectivity index (χ4v) is 5.03. The monoisotopic (exact) mass is 508 g/mol. The molecule has 0 aliphatic carbocycles. The van der Waals surface area contributed by atoms with Crippen LogP contribution in [0.1, 0.15) is 27.6 Å². The molecule has 184 valence electrons. The molecule has 37 heavy (non-hydrogen) atoms. The van der Waals surface area contributed by atoms with Crippen molar-refractivity contribution in [3.05, 3.63) is 114 Å². The quantitative estimate of drug-likeness (QED) is 0.244. The highest BCUT2D eigenvalue weighted by atomic mass is 32.1. The number of aromatic nitrogens is 1. The second-order valence-electron chi connectivity index (χ2n) is 8.42. The number of fused-ring (bicyclic) bond motifs is 1. The average molecular weight is 509 g/mol. The molecular formula is C30H24N2O4S. The molecule has 0 saturated carbocycles. The molecule has 4 aromatic carbocycles. The summed E-state index contributed by atoms with van der Waals surface area (Å²) in [6, 6.07) is 29.4. The lowest BCUT2D eigenvalue weighted by atomic mass is 10.1.